The topological polar surface area (TPSA) is 77.5 Å². The molecule has 8 aliphatic rings. The largest absolute Gasteiger partial charge is 0.479 e. The van der Waals surface area contributed by atoms with Crippen LogP contribution in [-0.2, 0) is 23.7 Å². The average Bonchev–Trinajstić information content (AvgIpc) is 3.48. The molecular formula is C34H53NO6. The van der Waals surface area contributed by atoms with Crippen LogP contribution in [0.25, 0.3) is 0 Å². The highest BCUT2D eigenvalue weighted by Gasteiger charge is 2.83. The minimum Gasteiger partial charge on any atom is -0.479 e. The number of nitrogens with zero attached hydrogens (tertiary/aromatic N) is 1. The molecule has 1 N–H and O–H groups in total. The molecule has 5 unspecified atom stereocenters. The second-order valence-corrected chi connectivity index (χ2v) is 16.9. The SMILES string of the molecule is C[C@@H]1CC(C(=O)O)OC2C[C@@]3(C)[C@@H]4CCC5C(C)(C)[C@@H](OC6CN(C7COC7)CCO6)CC[C@@]56C[C@@]46CC[C@]3(C)C21. The number of hydrogen-bond donors (Lipinski definition) is 1. The van der Waals surface area contributed by atoms with Crippen molar-refractivity contribution in [2.75, 3.05) is 32.9 Å². The molecule has 0 aromatic heterocycles. The van der Waals surface area contributed by atoms with Gasteiger partial charge >= 0.3 is 5.97 Å². The van der Waals surface area contributed by atoms with Crippen LogP contribution in [0.15, 0.2) is 0 Å². The van der Waals surface area contributed by atoms with E-state index in [-0.39, 0.29) is 34.7 Å². The van der Waals surface area contributed by atoms with Gasteiger partial charge in [-0.3, -0.25) is 4.90 Å². The van der Waals surface area contributed by atoms with Gasteiger partial charge in [-0.05, 0) is 109 Å². The van der Waals surface area contributed by atoms with E-state index in [4.69, 9.17) is 18.9 Å². The fourth-order valence-electron chi connectivity index (χ4n) is 13.4. The van der Waals surface area contributed by atoms with Gasteiger partial charge in [-0.25, -0.2) is 4.79 Å². The van der Waals surface area contributed by atoms with Gasteiger partial charge in [-0.1, -0.05) is 34.6 Å². The Hall–Kier alpha value is -0.730. The summed E-state index contributed by atoms with van der Waals surface area (Å²) in [6.07, 6.45) is 10.4. The van der Waals surface area contributed by atoms with Crippen molar-refractivity contribution in [1.82, 2.24) is 4.90 Å². The van der Waals surface area contributed by atoms with Gasteiger partial charge in [0.05, 0.1) is 44.6 Å². The summed E-state index contributed by atoms with van der Waals surface area (Å²) in [5.41, 5.74) is 1.50. The molecule has 5 aliphatic carbocycles. The first-order chi connectivity index (χ1) is 19.5. The normalized spacial score (nSPS) is 55.9. The minimum absolute atomic E-state index is 0.0968. The summed E-state index contributed by atoms with van der Waals surface area (Å²) in [6, 6.07) is 0.537. The van der Waals surface area contributed by atoms with Crippen LogP contribution in [0.3, 0.4) is 0 Å². The number of morpholine rings is 1. The highest BCUT2D eigenvalue weighted by molar-refractivity contribution is 5.72. The molecule has 0 aromatic carbocycles. The lowest BCUT2D eigenvalue weighted by Crippen LogP contribution is -2.59. The summed E-state index contributed by atoms with van der Waals surface area (Å²) in [6.45, 7) is 16.8. The molecule has 12 atom stereocenters. The second-order valence-electron chi connectivity index (χ2n) is 16.9. The van der Waals surface area contributed by atoms with E-state index in [1.165, 1.54) is 38.5 Å². The van der Waals surface area contributed by atoms with E-state index in [9.17, 15) is 9.90 Å². The Kier molecular flexibility index (Phi) is 6.05. The molecule has 230 valence electrons. The van der Waals surface area contributed by atoms with Crippen molar-refractivity contribution in [2.24, 2.45) is 50.7 Å². The number of ether oxygens (including phenoxy) is 4. The molecule has 8 rings (SSSR count). The predicted molar refractivity (Wildman–Crippen MR) is 153 cm³/mol. The van der Waals surface area contributed by atoms with E-state index >= 15 is 0 Å². The highest BCUT2D eigenvalue weighted by Crippen LogP contribution is 2.89. The standard InChI is InChI=1S/C34H53NO6/c1-20-14-22(29(36)37)40-23-15-32(5)25-7-6-24-30(2,3)26(41-27-16-35(12-13-39-27)21-17-38-18-21)8-9-33(24)19-34(25,33)11-10-31(32,4)28(20)23/h20-28H,6-19H2,1-5H3,(H,36,37)/t20-,22?,23?,24?,25+,26+,27?,28?,31-,32+,33-,34+/m1/s1. The number of rotatable bonds is 4. The lowest BCUT2D eigenvalue weighted by atomic mass is 9.41. The molecule has 7 nitrogen and oxygen atoms in total. The summed E-state index contributed by atoms with van der Waals surface area (Å²) in [5.74, 6) is 1.54. The molecule has 8 fully saturated rings. The number of carboxylic acid groups (broad SMARTS) is 1. The van der Waals surface area contributed by atoms with E-state index in [1.807, 2.05) is 0 Å². The van der Waals surface area contributed by atoms with Crippen LogP contribution in [0, 0.1) is 50.7 Å². The number of carbonyl (C=O) groups is 1. The summed E-state index contributed by atoms with van der Waals surface area (Å²) < 4.78 is 24.9. The molecule has 0 amide bonds. The minimum atomic E-state index is -0.775. The van der Waals surface area contributed by atoms with Crippen LogP contribution in [0.5, 0.6) is 0 Å². The van der Waals surface area contributed by atoms with Crippen LogP contribution < -0.4 is 0 Å². The number of carboxylic acids is 1. The first kappa shape index (κ1) is 27.8. The quantitative estimate of drug-likeness (QED) is 0.487. The molecular weight excluding hydrogens is 518 g/mol. The van der Waals surface area contributed by atoms with Crippen LogP contribution in [0.1, 0.15) is 92.4 Å². The highest BCUT2D eigenvalue weighted by atomic mass is 16.7. The van der Waals surface area contributed by atoms with Gasteiger partial charge in [-0.15, -0.1) is 0 Å². The molecule has 3 aliphatic heterocycles. The zero-order valence-corrected chi connectivity index (χ0v) is 26.0. The Balaban J connectivity index is 1.02. The van der Waals surface area contributed by atoms with E-state index in [0.29, 0.717) is 41.0 Å². The Morgan fingerprint density at radius 3 is 2.46 bits per heavy atom. The fraction of sp³-hybridized carbons (Fsp3) is 0.971. The van der Waals surface area contributed by atoms with Gasteiger partial charge in [0.1, 0.15) is 0 Å². The average molecular weight is 572 g/mol. The van der Waals surface area contributed by atoms with E-state index in [0.717, 1.165) is 51.7 Å². The van der Waals surface area contributed by atoms with E-state index in [2.05, 4.69) is 39.5 Å². The molecule has 5 saturated carbocycles. The third-order valence-electron chi connectivity index (χ3n) is 15.4. The van der Waals surface area contributed by atoms with Crippen LogP contribution in [0.4, 0.5) is 0 Å². The molecule has 41 heavy (non-hydrogen) atoms. The van der Waals surface area contributed by atoms with Crippen molar-refractivity contribution >= 4 is 5.97 Å². The number of aliphatic carboxylic acids is 1. The summed E-state index contributed by atoms with van der Waals surface area (Å²) in [4.78, 5) is 14.4. The summed E-state index contributed by atoms with van der Waals surface area (Å²) >= 11 is 0. The van der Waals surface area contributed by atoms with Crippen molar-refractivity contribution < 1.29 is 28.8 Å². The third kappa shape index (κ3) is 3.53. The van der Waals surface area contributed by atoms with Gasteiger partial charge in [0.15, 0.2) is 12.4 Å². The van der Waals surface area contributed by atoms with Gasteiger partial charge in [0, 0.05) is 6.54 Å². The van der Waals surface area contributed by atoms with Crippen LogP contribution >= 0.6 is 0 Å². The number of fused-ring (bicyclic) bond motifs is 4. The third-order valence-corrected chi connectivity index (χ3v) is 15.4. The van der Waals surface area contributed by atoms with Crippen molar-refractivity contribution in [3.05, 3.63) is 0 Å². The smallest absolute Gasteiger partial charge is 0.332 e. The zero-order chi connectivity index (χ0) is 28.6. The fourth-order valence-corrected chi connectivity index (χ4v) is 13.4. The first-order valence-corrected chi connectivity index (χ1v) is 16.9. The van der Waals surface area contributed by atoms with E-state index in [1.54, 1.807) is 0 Å². The van der Waals surface area contributed by atoms with Crippen molar-refractivity contribution in [1.29, 1.82) is 0 Å². The Bertz CT molecular complexity index is 1090. The predicted octanol–water partition coefficient (Wildman–Crippen LogP) is 5.36. The zero-order valence-electron chi connectivity index (χ0n) is 26.0. The Morgan fingerprint density at radius 1 is 0.976 bits per heavy atom. The maximum absolute atomic E-state index is 11.9. The van der Waals surface area contributed by atoms with Gasteiger partial charge < -0.3 is 24.1 Å². The van der Waals surface area contributed by atoms with Gasteiger partial charge in [0.25, 0.3) is 0 Å². The molecule has 3 heterocycles. The number of hydrogen-bond acceptors (Lipinski definition) is 6. The van der Waals surface area contributed by atoms with Gasteiger partial charge in [0.2, 0.25) is 0 Å². The van der Waals surface area contributed by atoms with Crippen molar-refractivity contribution in [2.45, 2.75) is 123 Å². The molecule has 0 bridgehead atoms. The molecule has 2 spiro atoms. The Morgan fingerprint density at radius 2 is 1.73 bits per heavy atom. The molecule has 7 heteroatoms. The van der Waals surface area contributed by atoms with Crippen LogP contribution in [0.2, 0.25) is 0 Å². The molecule has 3 saturated heterocycles. The summed E-state index contributed by atoms with van der Waals surface area (Å²) in [7, 11) is 0. The monoisotopic (exact) mass is 571 g/mol. The maximum Gasteiger partial charge on any atom is 0.332 e. The molecule has 0 radical (unpaired) electrons. The molecule has 0 aromatic rings. The Labute approximate surface area is 246 Å². The van der Waals surface area contributed by atoms with Crippen molar-refractivity contribution in [3.63, 3.8) is 0 Å². The van der Waals surface area contributed by atoms with Crippen molar-refractivity contribution in [3.8, 4) is 0 Å². The van der Waals surface area contributed by atoms with E-state index < -0.39 is 12.1 Å². The second kappa shape index (κ2) is 8.93. The van der Waals surface area contributed by atoms with Gasteiger partial charge in [-0.2, -0.15) is 0 Å². The lowest BCUT2D eigenvalue weighted by Gasteiger charge is -2.63. The van der Waals surface area contributed by atoms with Crippen LogP contribution in [-0.4, -0.2) is 79.5 Å². The maximum atomic E-state index is 11.9. The lowest BCUT2D eigenvalue weighted by molar-refractivity contribution is -0.255. The summed E-state index contributed by atoms with van der Waals surface area (Å²) in [5, 5.41) is 9.80. The first-order valence-electron chi connectivity index (χ1n) is 16.9.